The van der Waals surface area contributed by atoms with Gasteiger partial charge in [-0.1, -0.05) is 31.5 Å². The van der Waals surface area contributed by atoms with Crippen LogP contribution in [0.3, 0.4) is 0 Å². The van der Waals surface area contributed by atoms with E-state index in [1.807, 2.05) is 30.3 Å². The summed E-state index contributed by atoms with van der Waals surface area (Å²) in [5.41, 5.74) is 1.76. The zero-order valence-corrected chi connectivity index (χ0v) is 10.6. The Hall–Kier alpha value is -1.61. The van der Waals surface area contributed by atoms with Gasteiger partial charge in [0, 0.05) is 23.7 Å². The van der Waals surface area contributed by atoms with Crippen LogP contribution < -0.4 is 10.9 Å². The lowest BCUT2D eigenvalue weighted by atomic mass is 10.1. The van der Waals surface area contributed by atoms with Crippen molar-refractivity contribution >= 4 is 10.9 Å². The normalized spacial score (nSPS) is 22.3. The Bertz CT molecular complexity index is 617. The molecular formula is C15H18N2O. The van der Waals surface area contributed by atoms with E-state index < -0.39 is 0 Å². The van der Waals surface area contributed by atoms with E-state index in [4.69, 9.17) is 0 Å². The van der Waals surface area contributed by atoms with E-state index in [0.717, 1.165) is 22.4 Å². The van der Waals surface area contributed by atoms with Crippen LogP contribution in [-0.4, -0.2) is 11.0 Å². The van der Waals surface area contributed by atoms with Crippen LogP contribution in [0.5, 0.6) is 0 Å². The highest BCUT2D eigenvalue weighted by Gasteiger charge is 2.34. The Balaban J connectivity index is 1.79. The number of rotatable bonds is 4. The third-order valence-corrected chi connectivity index (χ3v) is 3.83. The fourth-order valence-electron chi connectivity index (χ4n) is 2.51. The van der Waals surface area contributed by atoms with E-state index >= 15 is 0 Å². The van der Waals surface area contributed by atoms with Gasteiger partial charge in [-0.25, -0.2) is 0 Å². The summed E-state index contributed by atoms with van der Waals surface area (Å²) in [4.78, 5) is 14.9. The molecule has 1 aliphatic rings. The van der Waals surface area contributed by atoms with Gasteiger partial charge in [0.25, 0.3) is 5.56 Å². The Labute approximate surface area is 106 Å². The van der Waals surface area contributed by atoms with Gasteiger partial charge in [-0.15, -0.1) is 0 Å². The molecule has 3 heteroatoms. The minimum Gasteiger partial charge on any atom is -0.322 e. The van der Waals surface area contributed by atoms with E-state index in [9.17, 15) is 4.79 Å². The van der Waals surface area contributed by atoms with E-state index in [0.29, 0.717) is 12.6 Å². The van der Waals surface area contributed by atoms with Gasteiger partial charge in [0.15, 0.2) is 0 Å². The number of fused-ring (bicyclic) bond motifs is 1. The van der Waals surface area contributed by atoms with Crippen molar-refractivity contribution in [3.05, 3.63) is 46.2 Å². The fourth-order valence-corrected chi connectivity index (χ4v) is 2.51. The van der Waals surface area contributed by atoms with Gasteiger partial charge in [0.1, 0.15) is 0 Å². The smallest absolute Gasteiger partial charge is 0.252 e. The minimum atomic E-state index is 0.0231. The van der Waals surface area contributed by atoms with Crippen molar-refractivity contribution in [3.63, 3.8) is 0 Å². The summed E-state index contributed by atoms with van der Waals surface area (Å²) in [6.45, 7) is 2.89. The van der Waals surface area contributed by atoms with Gasteiger partial charge < -0.3 is 10.3 Å². The van der Waals surface area contributed by atoms with Crippen molar-refractivity contribution in [2.75, 3.05) is 0 Å². The van der Waals surface area contributed by atoms with Crippen LogP contribution in [0.4, 0.5) is 0 Å². The minimum absolute atomic E-state index is 0.0231. The van der Waals surface area contributed by atoms with E-state index in [-0.39, 0.29) is 5.56 Å². The molecule has 0 bridgehead atoms. The summed E-state index contributed by atoms with van der Waals surface area (Å²) in [5, 5.41) is 4.55. The molecule has 2 aromatic rings. The van der Waals surface area contributed by atoms with E-state index in [1.165, 1.54) is 12.8 Å². The maximum absolute atomic E-state index is 11.9. The molecule has 0 aliphatic heterocycles. The molecule has 94 valence electrons. The Morgan fingerprint density at radius 2 is 2.22 bits per heavy atom. The van der Waals surface area contributed by atoms with Crippen LogP contribution in [0.1, 0.15) is 25.3 Å². The SMILES string of the molecule is CCC1CC1NCc1cc2ccccc2[nH]c1=O. The van der Waals surface area contributed by atoms with Gasteiger partial charge in [-0.2, -0.15) is 0 Å². The van der Waals surface area contributed by atoms with Crippen molar-refractivity contribution in [3.8, 4) is 0 Å². The molecule has 3 rings (SSSR count). The van der Waals surface area contributed by atoms with Crippen molar-refractivity contribution in [1.82, 2.24) is 10.3 Å². The molecule has 18 heavy (non-hydrogen) atoms. The first-order valence-electron chi connectivity index (χ1n) is 6.62. The van der Waals surface area contributed by atoms with Crippen LogP contribution in [0.15, 0.2) is 35.1 Å². The highest BCUT2D eigenvalue weighted by molar-refractivity contribution is 5.78. The summed E-state index contributed by atoms with van der Waals surface area (Å²) in [6, 6.07) is 10.5. The predicted molar refractivity (Wildman–Crippen MR) is 73.6 cm³/mol. The second-order valence-corrected chi connectivity index (χ2v) is 5.10. The average Bonchev–Trinajstić information content (AvgIpc) is 3.15. The van der Waals surface area contributed by atoms with E-state index in [2.05, 4.69) is 17.2 Å². The first kappa shape index (κ1) is 11.5. The number of aromatic nitrogens is 1. The van der Waals surface area contributed by atoms with Crippen LogP contribution >= 0.6 is 0 Å². The summed E-state index contributed by atoms with van der Waals surface area (Å²) in [6.07, 6.45) is 2.48. The lowest BCUT2D eigenvalue weighted by Crippen LogP contribution is -2.23. The van der Waals surface area contributed by atoms with Crippen molar-refractivity contribution in [2.45, 2.75) is 32.4 Å². The second kappa shape index (κ2) is 4.58. The van der Waals surface area contributed by atoms with Crippen LogP contribution in [0.25, 0.3) is 10.9 Å². The van der Waals surface area contributed by atoms with Crippen LogP contribution in [0.2, 0.25) is 0 Å². The first-order valence-corrected chi connectivity index (χ1v) is 6.62. The maximum Gasteiger partial charge on any atom is 0.252 e. The molecule has 1 aromatic heterocycles. The molecule has 1 heterocycles. The number of hydrogen-bond acceptors (Lipinski definition) is 2. The largest absolute Gasteiger partial charge is 0.322 e. The number of aromatic amines is 1. The lowest BCUT2D eigenvalue weighted by Gasteiger charge is -2.05. The van der Waals surface area contributed by atoms with Gasteiger partial charge >= 0.3 is 0 Å². The standard InChI is InChI=1S/C15H18N2O/c1-2-10-8-14(10)16-9-12-7-11-5-3-4-6-13(11)17-15(12)18/h3-7,10,14,16H,2,8-9H2,1H3,(H,17,18). The third-order valence-electron chi connectivity index (χ3n) is 3.83. The summed E-state index contributed by atoms with van der Waals surface area (Å²) < 4.78 is 0. The predicted octanol–water partition coefficient (Wildman–Crippen LogP) is 2.42. The molecule has 0 saturated heterocycles. The molecule has 2 unspecified atom stereocenters. The highest BCUT2D eigenvalue weighted by Crippen LogP contribution is 2.33. The molecule has 0 spiro atoms. The zero-order valence-electron chi connectivity index (χ0n) is 10.6. The van der Waals surface area contributed by atoms with Crippen molar-refractivity contribution < 1.29 is 0 Å². The number of nitrogens with one attached hydrogen (secondary N) is 2. The molecule has 2 N–H and O–H groups in total. The van der Waals surface area contributed by atoms with Crippen molar-refractivity contribution in [1.29, 1.82) is 0 Å². The molecule has 0 amide bonds. The number of hydrogen-bond donors (Lipinski definition) is 2. The maximum atomic E-state index is 11.9. The van der Waals surface area contributed by atoms with Gasteiger partial charge in [0.2, 0.25) is 0 Å². The van der Waals surface area contributed by atoms with Crippen LogP contribution in [-0.2, 0) is 6.54 Å². The van der Waals surface area contributed by atoms with Gasteiger partial charge in [0.05, 0.1) is 0 Å². The molecule has 2 atom stereocenters. The van der Waals surface area contributed by atoms with Crippen molar-refractivity contribution in [2.24, 2.45) is 5.92 Å². The summed E-state index contributed by atoms with van der Waals surface area (Å²) in [5.74, 6) is 0.810. The molecule has 3 nitrogen and oxygen atoms in total. The number of pyridine rings is 1. The van der Waals surface area contributed by atoms with Gasteiger partial charge in [-0.3, -0.25) is 4.79 Å². The zero-order chi connectivity index (χ0) is 12.5. The Morgan fingerprint density at radius 3 is 3.00 bits per heavy atom. The number of benzene rings is 1. The Kier molecular flexibility index (Phi) is 2.92. The molecule has 1 aromatic carbocycles. The van der Waals surface area contributed by atoms with Gasteiger partial charge in [-0.05, 0) is 29.9 Å². The topological polar surface area (TPSA) is 44.9 Å². The second-order valence-electron chi connectivity index (χ2n) is 5.10. The quantitative estimate of drug-likeness (QED) is 0.864. The lowest BCUT2D eigenvalue weighted by molar-refractivity contribution is 0.621. The monoisotopic (exact) mass is 242 g/mol. The summed E-state index contributed by atoms with van der Waals surface area (Å²) >= 11 is 0. The highest BCUT2D eigenvalue weighted by atomic mass is 16.1. The Morgan fingerprint density at radius 1 is 1.39 bits per heavy atom. The molecule has 1 fully saturated rings. The van der Waals surface area contributed by atoms with E-state index in [1.54, 1.807) is 0 Å². The summed E-state index contributed by atoms with van der Waals surface area (Å²) in [7, 11) is 0. The number of H-pyrrole nitrogens is 1. The molecular weight excluding hydrogens is 224 g/mol. The third kappa shape index (κ3) is 2.18. The first-order chi connectivity index (χ1) is 8.78. The average molecular weight is 242 g/mol. The number of para-hydroxylation sites is 1. The molecule has 1 saturated carbocycles. The fraction of sp³-hybridized carbons (Fsp3) is 0.400. The van der Waals surface area contributed by atoms with Crippen LogP contribution in [0, 0.1) is 5.92 Å². The molecule has 0 radical (unpaired) electrons. The molecule has 1 aliphatic carbocycles.